The molecule has 1 amide bonds. The minimum atomic E-state index is -0.279. The fourth-order valence-corrected chi connectivity index (χ4v) is 2.74. The first kappa shape index (κ1) is 15.5. The standard InChI is InChI=1S/C18H19FN2O2/c19-15-6-4-14(5-7-15)17-12-21(8-9-23-17)18(22)11-13-2-1-3-16(20)10-13/h1-7,10,17H,8-9,11-12,20H2. The van der Waals surface area contributed by atoms with Crippen LogP contribution in [0.15, 0.2) is 48.5 Å². The Morgan fingerprint density at radius 1 is 1.26 bits per heavy atom. The monoisotopic (exact) mass is 314 g/mol. The van der Waals surface area contributed by atoms with Gasteiger partial charge in [0.2, 0.25) is 5.91 Å². The Hall–Kier alpha value is -2.40. The van der Waals surface area contributed by atoms with E-state index in [2.05, 4.69) is 0 Å². The van der Waals surface area contributed by atoms with E-state index in [0.29, 0.717) is 31.8 Å². The zero-order valence-corrected chi connectivity index (χ0v) is 12.7. The van der Waals surface area contributed by atoms with Crippen molar-refractivity contribution in [1.82, 2.24) is 4.90 Å². The molecule has 3 rings (SSSR count). The van der Waals surface area contributed by atoms with Crippen LogP contribution in [-0.4, -0.2) is 30.5 Å². The van der Waals surface area contributed by atoms with E-state index in [9.17, 15) is 9.18 Å². The van der Waals surface area contributed by atoms with E-state index in [-0.39, 0.29) is 17.8 Å². The van der Waals surface area contributed by atoms with Crippen molar-refractivity contribution in [2.75, 3.05) is 25.4 Å². The Morgan fingerprint density at radius 3 is 2.78 bits per heavy atom. The summed E-state index contributed by atoms with van der Waals surface area (Å²) in [4.78, 5) is 14.3. The molecule has 4 nitrogen and oxygen atoms in total. The predicted octanol–water partition coefficient (Wildman–Crippen LogP) is 2.55. The molecule has 0 bridgehead atoms. The van der Waals surface area contributed by atoms with Crippen LogP contribution in [0.25, 0.3) is 0 Å². The molecule has 1 atom stereocenters. The maximum absolute atomic E-state index is 13.0. The van der Waals surface area contributed by atoms with Crippen molar-refractivity contribution in [3.63, 3.8) is 0 Å². The highest BCUT2D eigenvalue weighted by atomic mass is 19.1. The van der Waals surface area contributed by atoms with Gasteiger partial charge in [0.15, 0.2) is 0 Å². The maximum Gasteiger partial charge on any atom is 0.227 e. The molecule has 5 heteroatoms. The number of nitrogen functional groups attached to an aromatic ring is 1. The van der Waals surface area contributed by atoms with Gasteiger partial charge in [-0.15, -0.1) is 0 Å². The summed E-state index contributed by atoms with van der Waals surface area (Å²) in [5, 5.41) is 0. The number of carbonyl (C=O) groups is 1. The molecule has 2 N–H and O–H groups in total. The van der Waals surface area contributed by atoms with Crippen LogP contribution in [0.3, 0.4) is 0 Å². The normalized spacial score (nSPS) is 18.0. The lowest BCUT2D eigenvalue weighted by Gasteiger charge is -2.33. The van der Waals surface area contributed by atoms with Crippen molar-refractivity contribution in [2.24, 2.45) is 0 Å². The Kier molecular flexibility index (Phi) is 4.57. The van der Waals surface area contributed by atoms with Crippen molar-refractivity contribution in [3.05, 3.63) is 65.5 Å². The lowest BCUT2D eigenvalue weighted by molar-refractivity contribution is -0.138. The first-order valence-electron chi connectivity index (χ1n) is 7.61. The molecule has 0 aliphatic carbocycles. The molecule has 1 heterocycles. The topological polar surface area (TPSA) is 55.6 Å². The summed E-state index contributed by atoms with van der Waals surface area (Å²) in [6, 6.07) is 13.6. The van der Waals surface area contributed by atoms with E-state index < -0.39 is 0 Å². The second kappa shape index (κ2) is 6.79. The summed E-state index contributed by atoms with van der Waals surface area (Å²) in [6.07, 6.45) is 0.107. The molecule has 0 spiro atoms. The van der Waals surface area contributed by atoms with Gasteiger partial charge in [-0.05, 0) is 35.4 Å². The molecule has 1 saturated heterocycles. The number of carbonyl (C=O) groups excluding carboxylic acids is 1. The summed E-state index contributed by atoms with van der Waals surface area (Å²) in [6.45, 7) is 1.52. The van der Waals surface area contributed by atoms with Crippen molar-refractivity contribution in [2.45, 2.75) is 12.5 Å². The Balaban J connectivity index is 1.65. The zero-order chi connectivity index (χ0) is 16.2. The van der Waals surface area contributed by atoms with Crippen molar-refractivity contribution in [1.29, 1.82) is 0 Å². The molecule has 0 radical (unpaired) electrons. The largest absolute Gasteiger partial charge is 0.399 e. The van der Waals surface area contributed by atoms with Crippen LogP contribution in [0.1, 0.15) is 17.2 Å². The highest BCUT2D eigenvalue weighted by molar-refractivity contribution is 5.79. The fraction of sp³-hybridized carbons (Fsp3) is 0.278. The summed E-state index contributed by atoms with van der Waals surface area (Å²) in [7, 11) is 0. The molecule has 2 aromatic carbocycles. The number of rotatable bonds is 3. The lowest BCUT2D eigenvalue weighted by Crippen LogP contribution is -2.43. The SMILES string of the molecule is Nc1cccc(CC(=O)N2CCOC(c3ccc(F)cc3)C2)c1. The highest BCUT2D eigenvalue weighted by Gasteiger charge is 2.25. The third-order valence-corrected chi connectivity index (χ3v) is 3.97. The zero-order valence-electron chi connectivity index (χ0n) is 12.7. The number of nitrogens with two attached hydrogens (primary N) is 1. The van der Waals surface area contributed by atoms with Crippen molar-refractivity contribution < 1.29 is 13.9 Å². The number of hydrogen-bond donors (Lipinski definition) is 1. The Labute approximate surface area is 134 Å². The van der Waals surface area contributed by atoms with Crippen LogP contribution in [0, 0.1) is 5.82 Å². The van der Waals surface area contributed by atoms with Crippen LogP contribution in [0.4, 0.5) is 10.1 Å². The third kappa shape index (κ3) is 3.87. The number of morpholine rings is 1. The molecule has 2 aromatic rings. The van der Waals surface area contributed by atoms with E-state index in [4.69, 9.17) is 10.5 Å². The average Bonchev–Trinajstić information content (AvgIpc) is 2.56. The molecular formula is C18H19FN2O2. The van der Waals surface area contributed by atoms with Crippen LogP contribution in [-0.2, 0) is 16.0 Å². The number of halogens is 1. The molecule has 120 valence electrons. The van der Waals surface area contributed by atoms with E-state index in [1.807, 2.05) is 18.2 Å². The minimum absolute atomic E-state index is 0.0472. The van der Waals surface area contributed by atoms with Crippen LogP contribution in [0.2, 0.25) is 0 Å². The second-order valence-electron chi connectivity index (χ2n) is 5.67. The van der Waals surface area contributed by atoms with Gasteiger partial charge in [0.1, 0.15) is 11.9 Å². The molecule has 1 unspecified atom stereocenters. The average molecular weight is 314 g/mol. The summed E-state index contributed by atoms with van der Waals surface area (Å²) in [5.41, 5.74) is 8.19. The molecule has 0 saturated carbocycles. The molecule has 1 fully saturated rings. The molecule has 1 aliphatic rings. The fourth-order valence-electron chi connectivity index (χ4n) is 2.74. The maximum atomic E-state index is 13.0. The first-order valence-corrected chi connectivity index (χ1v) is 7.61. The van der Waals surface area contributed by atoms with Crippen LogP contribution < -0.4 is 5.73 Å². The molecular weight excluding hydrogens is 295 g/mol. The molecule has 23 heavy (non-hydrogen) atoms. The summed E-state index contributed by atoms with van der Waals surface area (Å²) < 4.78 is 18.7. The van der Waals surface area contributed by atoms with E-state index >= 15 is 0 Å². The van der Waals surface area contributed by atoms with Gasteiger partial charge in [-0.1, -0.05) is 24.3 Å². The first-order chi connectivity index (χ1) is 11.1. The van der Waals surface area contributed by atoms with E-state index in [1.165, 1.54) is 12.1 Å². The number of ether oxygens (including phenoxy) is 1. The summed E-state index contributed by atoms with van der Waals surface area (Å²) in [5.74, 6) is -0.231. The second-order valence-corrected chi connectivity index (χ2v) is 5.67. The van der Waals surface area contributed by atoms with E-state index in [0.717, 1.165) is 11.1 Å². The van der Waals surface area contributed by atoms with Gasteiger partial charge in [0, 0.05) is 12.2 Å². The van der Waals surface area contributed by atoms with Gasteiger partial charge in [0.05, 0.1) is 19.6 Å². The highest BCUT2D eigenvalue weighted by Crippen LogP contribution is 2.23. The van der Waals surface area contributed by atoms with Crippen LogP contribution in [0.5, 0.6) is 0 Å². The smallest absolute Gasteiger partial charge is 0.227 e. The number of benzene rings is 2. The number of nitrogens with zero attached hydrogens (tertiary/aromatic N) is 1. The third-order valence-electron chi connectivity index (χ3n) is 3.97. The molecule has 0 aromatic heterocycles. The van der Waals surface area contributed by atoms with Gasteiger partial charge in [-0.25, -0.2) is 4.39 Å². The number of amides is 1. The molecule has 1 aliphatic heterocycles. The Morgan fingerprint density at radius 2 is 2.04 bits per heavy atom. The lowest BCUT2D eigenvalue weighted by atomic mass is 10.1. The van der Waals surface area contributed by atoms with Crippen molar-refractivity contribution >= 4 is 11.6 Å². The minimum Gasteiger partial charge on any atom is -0.399 e. The number of hydrogen-bond acceptors (Lipinski definition) is 3. The van der Waals surface area contributed by atoms with Crippen molar-refractivity contribution in [3.8, 4) is 0 Å². The van der Waals surface area contributed by atoms with Gasteiger partial charge < -0.3 is 15.4 Å². The Bertz CT molecular complexity index is 688. The van der Waals surface area contributed by atoms with Gasteiger partial charge in [0.25, 0.3) is 0 Å². The number of anilines is 1. The quantitative estimate of drug-likeness (QED) is 0.886. The van der Waals surface area contributed by atoms with Gasteiger partial charge in [-0.3, -0.25) is 4.79 Å². The van der Waals surface area contributed by atoms with E-state index in [1.54, 1.807) is 23.1 Å². The summed E-state index contributed by atoms with van der Waals surface area (Å²) >= 11 is 0. The van der Waals surface area contributed by atoms with Gasteiger partial charge in [-0.2, -0.15) is 0 Å². The van der Waals surface area contributed by atoms with Gasteiger partial charge >= 0.3 is 0 Å². The predicted molar refractivity (Wildman–Crippen MR) is 86.2 cm³/mol. The van der Waals surface area contributed by atoms with Crippen LogP contribution >= 0.6 is 0 Å².